The second-order valence-corrected chi connectivity index (χ2v) is 28.4. The molecule has 1 N–H and O–H groups in total. The Morgan fingerprint density at radius 1 is 0.611 bits per heavy atom. The van der Waals surface area contributed by atoms with Gasteiger partial charge >= 0.3 is 11.9 Å². The molecule has 72 heavy (non-hydrogen) atoms. The van der Waals surface area contributed by atoms with Gasteiger partial charge in [0.05, 0.1) is 12.5 Å². The number of benzene rings is 2. The molecule has 1 aliphatic carbocycles. The van der Waals surface area contributed by atoms with Crippen LogP contribution >= 0.6 is 11.8 Å². The van der Waals surface area contributed by atoms with E-state index >= 15 is 0 Å². The van der Waals surface area contributed by atoms with Crippen LogP contribution < -0.4 is 15.7 Å². The van der Waals surface area contributed by atoms with E-state index < -0.39 is 8.32 Å². The Labute approximate surface area is 449 Å². The minimum atomic E-state index is -2.54. The minimum absolute atomic E-state index is 0.0179. The van der Waals surface area contributed by atoms with Crippen LogP contribution in [0.3, 0.4) is 0 Å². The normalized spacial score (nSPS) is 14.8. The van der Waals surface area contributed by atoms with E-state index in [0.29, 0.717) is 19.1 Å². The van der Waals surface area contributed by atoms with Gasteiger partial charge in [-0.05, 0) is 104 Å². The maximum Gasteiger partial charge on any atom is 0.308 e. The molecule has 1 saturated carbocycles. The van der Waals surface area contributed by atoms with E-state index in [9.17, 15) is 9.59 Å². The van der Waals surface area contributed by atoms with E-state index in [-0.39, 0.29) is 29.0 Å². The zero-order chi connectivity index (χ0) is 51.8. The molecule has 0 saturated heterocycles. The number of carbonyl (C=O) groups excluding carboxylic acids is 2. The summed E-state index contributed by atoms with van der Waals surface area (Å²) in [6, 6.07) is 22.5. The van der Waals surface area contributed by atoms with Crippen LogP contribution in [0.4, 0.5) is 0 Å². The van der Waals surface area contributed by atoms with Crippen molar-refractivity contribution in [3.63, 3.8) is 0 Å². The zero-order valence-corrected chi connectivity index (χ0v) is 49.4. The van der Waals surface area contributed by atoms with Gasteiger partial charge < -0.3 is 19.2 Å². The van der Waals surface area contributed by atoms with Crippen LogP contribution in [0.2, 0.25) is 5.04 Å². The van der Waals surface area contributed by atoms with E-state index in [1.165, 1.54) is 139 Å². The molecule has 3 atom stereocenters. The van der Waals surface area contributed by atoms with Crippen molar-refractivity contribution in [1.29, 1.82) is 0 Å². The van der Waals surface area contributed by atoms with Crippen molar-refractivity contribution in [3.8, 4) is 0 Å². The maximum absolute atomic E-state index is 13.3. The number of nitrogens with one attached hydrogen (secondary N) is 1. The number of carbonyl (C=O) groups is 2. The van der Waals surface area contributed by atoms with Gasteiger partial charge in [0, 0.05) is 24.8 Å². The van der Waals surface area contributed by atoms with Gasteiger partial charge in [-0.2, -0.15) is 11.8 Å². The first-order valence-electron chi connectivity index (χ1n) is 30.6. The van der Waals surface area contributed by atoms with Crippen molar-refractivity contribution in [1.82, 2.24) is 5.32 Å². The van der Waals surface area contributed by atoms with Crippen LogP contribution in [0.15, 0.2) is 60.7 Å². The molecule has 6 nitrogen and oxygen atoms in total. The van der Waals surface area contributed by atoms with Crippen LogP contribution in [0.1, 0.15) is 260 Å². The molecular weight excluding hydrogens is 923 g/mol. The molecule has 0 amide bonds. The topological polar surface area (TPSA) is 73.9 Å². The Bertz CT molecular complexity index is 1540. The predicted molar refractivity (Wildman–Crippen MR) is 315 cm³/mol. The molecule has 1 fully saturated rings. The van der Waals surface area contributed by atoms with E-state index in [0.717, 1.165) is 114 Å². The Kier molecular flexibility index (Phi) is 36.6. The fourth-order valence-corrected chi connectivity index (χ4v) is 16.9. The number of thioether (sulfide) groups is 1. The standard InChI is InChI=1S/C64H111NO5SSi/c1-7-10-13-16-17-26-41-57(40-25-14-11-8-2)63(67)68-52-35-21-27-42-58(65-51-34-36-53-69-72(64(4,5)6,60-45-30-19-31-46-60)61-47-32-20-33-48-61)43-28-22-37-54-71-55-59(44-29-15-12-9-3)70-62(66)50-49-56-38-23-18-24-39-56/h19-20,30-33,45-48,56-59,65H,7-18,21-29,34-44,49-55H2,1-6H3. The lowest BCUT2D eigenvalue weighted by Gasteiger charge is -2.43. The van der Waals surface area contributed by atoms with Crippen molar-refractivity contribution in [3.05, 3.63) is 60.7 Å². The number of esters is 2. The smallest absolute Gasteiger partial charge is 0.308 e. The third kappa shape index (κ3) is 27.6. The van der Waals surface area contributed by atoms with Crippen LogP contribution in [-0.2, 0) is 23.5 Å². The highest BCUT2D eigenvalue weighted by molar-refractivity contribution is 7.99. The molecule has 0 bridgehead atoms. The molecule has 0 aliphatic heterocycles. The first-order chi connectivity index (χ1) is 35.1. The Balaban J connectivity index is 1.50. The van der Waals surface area contributed by atoms with Crippen molar-refractivity contribution in [2.24, 2.45) is 11.8 Å². The van der Waals surface area contributed by atoms with Crippen molar-refractivity contribution >= 4 is 42.4 Å². The van der Waals surface area contributed by atoms with E-state index in [2.05, 4.69) is 108 Å². The van der Waals surface area contributed by atoms with Crippen LogP contribution in [-0.4, -0.2) is 63.7 Å². The molecule has 0 radical (unpaired) electrons. The SMILES string of the molecule is CCCCCCCCC(CCCCCC)C(=O)OCCCCCC(CCCCCSCC(CCCCCC)OC(=O)CCC1CCCCC1)NCCCCO[Si](c1ccccc1)(c1ccccc1)C(C)(C)C. The summed E-state index contributed by atoms with van der Waals surface area (Å²) in [5.41, 5.74) is 0. The van der Waals surface area contributed by atoms with Crippen LogP contribution in [0.5, 0.6) is 0 Å². The monoisotopic (exact) mass is 1030 g/mol. The summed E-state index contributed by atoms with van der Waals surface area (Å²) in [6.45, 7) is 16.2. The van der Waals surface area contributed by atoms with Gasteiger partial charge in [-0.15, -0.1) is 0 Å². The summed E-state index contributed by atoms with van der Waals surface area (Å²) in [5.74, 6) is 2.95. The van der Waals surface area contributed by atoms with Gasteiger partial charge in [0.1, 0.15) is 6.10 Å². The first kappa shape index (κ1) is 64.2. The second-order valence-electron chi connectivity index (χ2n) is 22.9. The maximum atomic E-state index is 13.3. The zero-order valence-electron chi connectivity index (χ0n) is 47.6. The molecule has 412 valence electrons. The highest BCUT2D eigenvalue weighted by Gasteiger charge is 2.50. The van der Waals surface area contributed by atoms with Crippen molar-refractivity contribution < 1.29 is 23.5 Å². The molecule has 1 aliphatic rings. The van der Waals surface area contributed by atoms with Crippen molar-refractivity contribution in [2.75, 3.05) is 31.3 Å². The number of hydrogen-bond acceptors (Lipinski definition) is 7. The molecule has 0 aromatic heterocycles. The average Bonchev–Trinajstić information content (AvgIpc) is 3.39. The summed E-state index contributed by atoms with van der Waals surface area (Å²) < 4.78 is 19.4. The molecule has 8 heteroatoms. The quantitative estimate of drug-likeness (QED) is 0.0402. The van der Waals surface area contributed by atoms with Crippen LogP contribution in [0.25, 0.3) is 0 Å². The average molecular weight is 1030 g/mol. The van der Waals surface area contributed by atoms with Gasteiger partial charge in [-0.25, -0.2) is 0 Å². The van der Waals surface area contributed by atoms with E-state index in [1.807, 2.05) is 11.8 Å². The van der Waals surface area contributed by atoms with Crippen molar-refractivity contribution in [2.45, 2.75) is 277 Å². The molecule has 2 aromatic carbocycles. The van der Waals surface area contributed by atoms with Crippen LogP contribution in [0, 0.1) is 11.8 Å². The number of hydrogen-bond donors (Lipinski definition) is 1. The van der Waals surface area contributed by atoms with Gasteiger partial charge in [0.2, 0.25) is 0 Å². The van der Waals surface area contributed by atoms with E-state index in [4.69, 9.17) is 13.9 Å². The highest BCUT2D eigenvalue weighted by Crippen LogP contribution is 2.37. The first-order valence-corrected chi connectivity index (χ1v) is 33.6. The molecule has 0 spiro atoms. The number of ether oxygens (including phenoxy) is 2. The Hall–Kier alpha value is -2.13. The summed E-state index contributed by atoms with van der Waals surface area (Å²) in [7, 11) is -2.54. The largest absolute Gasteiger partial charge is 0.465 e. The van der Waals surface area contributed by atoms with Gasteiger partial charge in [-0.1, -0.05) is 243 Å². The number of unbranched alkanes of at least 4 members (excludes halogenated alkanes) is 16. The lowest BCUT2D eigenvalue weighted by Crippen LogP contribution is -2.66. The minimum Gasteiger partial charge on any atom is -0.465 e. The summed E-state index contributed by atoms with van der Waals surface area (Å²) >= 11 is 1.99. The molecule has 3 rings (SSSR count). The van der Waals surface area contributed by atoms with Gasteiger partial charge in [0.25, 0.3) is 8.32 Å². The molecule has 2 aromatic rings. The highest BCUT2D eigenvalue weighted by atomic mass is 32.2. The fourth-order valence-electron chi connectivity index (χ4n) is 11.2. The third-order valence-electron chi connectivity index (χ3n) is 15.6. The summed E-state index contributed by atoms with van der Waals surface area (Å²) in [5, 5.41) is 6.68. The molecule has 3 unspecified atom stereocenters. The summed E-state index contributed by atoms with van der Waals surface area (Å²) in [6.07, 6.45) is 39.9. The second kappa shape index (κ2) is 41.1. The molecule has 0 heterocycles. The third-order valence-corrected chi connectivity index (χ3v) is 21.9. The fraction of sp³-hybridized carbons (Fsp3) is 0.781. The van der Waals surface area contributed by atoms with E-state index in [1.54, 1.807) is 0 Å². The molecular formula is C64H111NO5SSi. The Morgan fingerprint density at radius 3 is 1.72 bits per heavy atom. The lowest BCUT2D eigenvalue weighted by molar-refractivity contribution is -0.150. The predicted octanol–water partition coefficient (Wildman–Crippen LogP) is 17.3. The summed E-state index contributed by atoms with van der Waals surface area (Å²) in [4.78, 5) is 26.3. The van der Waals surface area contributed by atoms with Gasteiger partial charge in [-0.3, -0.25) is 9.59 Å². The Morgan fingerprint density at radius 2 is 1.12 bits per heavy atom. The number of rotatable bonds is 45. The van der Waals surface area contributed by atoms with Gasteiger partial charge in [0.15, 0.2) is 0 Å². The lowest BCUT2D eigenvalue weighted by atomic mass is 9.86.